The minimum Gasteiger partial charge on any atom is -0.463 e. The van der Waals surface area contributed by atoms with Crippen LogP contribution < -0.4 is 5.73 Å². The SMILES string of the molecule is NC1CCC(O)CC1.O=COCc1ccccc1Br. The summed E-state index contributed by atoms with van der Waals surface area (Å²) < 4.78 is 5.55. The quantitative estimate of drug-likeness (QED) is 0.835. The zero-order valence-electron chi connectivity index (χ0n) is 10.8. The predicted octanol–water partition coefficient (Wildman–Crippen LogP) is 2.37. The van der Waals surface area contributed by atoms with Crippen molar-refractivity contribution in [3.63, 3.8) is 0 Å². The maximum Gasteiger partial charge on any atom is 0.293 e. The normalized spacial score (nSPS) is 22.1. The van der Waals surface area contributed by atoms with Crippen molar-refractivity contribution in [3.8, 4) is 0 Å². The summed E-state index contributed by atoms with van der Waals surface area (Å²) in [5.74, 6) is 0. The predicted molar refractivity (Wildman–Crippen MR) is 77.4 cm³/mol. The van der Waals surface area contributed by atoms with Crippen LogP contribution in [0, 0.1) is 0 Å². The van der Waals surface area contributed by atoms with Crippen LogP contribution in [0.15, 0.2) is 28.7 Å². The number of rotatable bonds is 3. The van der Waals surface area contributed by atoms with E-state index in [0.29, 0.717) is 19.1 Å². The van der Waals surface area contributed by atoms with Crippen LogP contribution in [0.5, 0.6) is 0 Å². The molecular weight excluding hydrogens is 310 g/mol. The van der Waals surface area contributed by atoms with Crippen LogP contribution in [-0.4, -0.2) is 23.7 Å². The zero-order valence-corrected chi connectivity index (χ0v) is 12.4. The van der Waals surface area contributed by atoms with Crippen molar-refractivity contribution >= 4 is 22.4 Å². The molecule has 1 saturated carbocycles. The lowest BCUT2D eigenvalue weighted by Crippen LogP contribution is -2.28. The van der Waals surface area contributed by atoms with Crippen LogP contribution in [0.25, 0.3) is 0 Å². The van der Waals surface area contributed by atoms with Gasteiger partial charge < -0.3 is 15.6 Å². The summed E-state index contributed by atoms with van der Waals surface area (Å²) in [6.07, 6.45) is 3.75. The summed E-state index contributed by atoms with van der Waals surface area (Å²) in [5, 5.41) is 8.97. The minimum atomic E-state index is -0.0604. The van der Waals surface area contributed by atoms with Crippen LogP contribution in [-0.2, 0) is 16.1 Å². The van der Waals surface area contributed by atoms with E-state index in [1.807, 2.05) is 24.3 Å². The Kier molecular flexibility index (Phi) is 7.70. The second-order valence-corrected chi connectivity index (χ2v) is 5.42. The topological polar surface area (TPSA) is 72.5 Å². The third-order valence-electron chi connectivity index (χ3n) is 3.01. The standard InChI is InChI=1S/C8H7BrO2.C6H13NO/c9-8-4-2-1-3-7(8)5-11-6-10;7-5-1-3-6(8)4-2-5/h1-4,6H,5H2;5-6,8H,1-4,7H2. The van der Waals surface area contributed by atoms with E-state index in [4.69, 9.17) is 10.8 Å². The van der Waals surface area contributed by atoms with E-state index in [1.165, 1.54) is 0 Å². The number of nitrogens with two attached hydrogens (primary N) is 1. The molecule has 1 fully saturated rings. The number of aliphatic hydroxyl groups excluding tert-OH is 1. The lowest BCUT2D eigenvalue weighted by molar-refractivity contribution is -0.129. The molecule has 5 heteroatoms. The molecular formula is C14H20BrNO3. The van der Waals surface area contributed by atoms with Crippen LogP contribution in [0.2, 0.25) is 0 Å². The van der Waals surface area contributed by atoms with E-state index in [9.17, 15) is 4.79 Å². The van der Waals surface area contributed by atoms with Gasteiger partial charge >= 0.3 is 0 Å². The Balaban J connectivity index is 0.000000200. The summed E-state index contributed by atoms with van der Waals surface area (Å²) >= 11 is 3.33. The lowest BCUT2D eigenvalue weighted by Gasteiger charge is -2.21. The average molecular weight is 330 g/mol. The molecule has 0 unspecified atom stereocenters. The van der Waals surface area contributed by atoms with Gasteiger partial charge in [-0.1, -0.05) is 34.1 Å². The average Bonchev–Trinajstić information content (AvgIpc) is 2.42. The van der Waals surface area contributed by atoms with Gasteiger partial charge in [-0.25, -0.2) is 0 Å². The molecule has 4 nitrogen and oxygen atoms in total. The largest absolute Gasteiger partial charge is 0.463 e. The number of ether oxygens (including phenoxy) is 1. The van der Waals surface area contributed by atoms with E-state index in [1.54, 1.807) is 0 Å². The molecule has 0 spiro atoms. The molecule has 1 aromatic rings. The Labute approximate surface area is 122 Å². The summed E-state index contributed by atoms with van der Waals surface area (Å²) in [7, 11) is 0. The molecule has 1 aliphatic carbocycles. The van der Waals surface area contributed by atoms with E-state index in [0.717, 1.165) is 35.7 Å². The number of benzene rings is 1. The Morgan fingerprint density at radius 1 is 1.32 bits per heavy atom. The molecule has 2 rings (SSSR count). The van der Waals surface area contributed by atoms with Gasteiger partial charge in [-0.3, -0.25) is 4.79 Å². The molecule has 0 amide bonds. The number of carbonyl (C=O) groups excluding carboxylic acids is 1. The summed E-state index contributed by atoms with van der Waals surface area (Å²) in [4.78, 5) is 9.85. The van der Waals surface area contributed by atoms with Gasteiger partial charge in [-0.05, 0) is 31.7 Å². The highest BCUT2D eigenvalue weighted by Crippen LogP contribution is 2.16. The molecule has 0 heterocycles. The molecule has 0 aliphatic heterocycles. The Morgan fingerprint density at radius 2 is 1.95 bits per heavy atom. The maximum atomic E-state index is 9.85. The number of aliphatic hydroxyl groups is 1. The van der Waals surface area contributed by atoms with Crippen LogP contribution in [0.1, 0.15) is 31.2 Å². The van der Waals surface area contributed by atoms with Crippen molar-refractivity contribution < 1.29 is 14.6 Å². The highest BCUT2D eigenvalue weighted by atomic mass is 79.9. The molecule has 106 valence electrons. The highest BCUT2D eigenvalue weighted by Gasteiger charge is 2.14. The van der Waals surface area contributed by atoms with Crippen LogP contribution in [0.3, 0.4) is 0 Å². The molecule has 3 N–H and O–H groups in total. The molecule has 1 aromatic carbocycles. The smallest absolute Gasteiger partial charge is 0.293 e. The van der Waals surface area contributed by atoms with E-state index >= 15 is 0 Å². The van der Waals surface area contributed by atoms with Crippen LogP contribution >= 0.6 is 15.9 Å². The van der Waals surface area contributed by atoms with Gasteiger partial charge in [-0.15, -0.1) is 0 Å². The number of hydrogen-bond acceptors (Lipinski definition) is 4. The molecule has 0 atom stereocenters. The van der Waals surface area contributed by atoms with E-state index in [2.05, 4.69) is 20.7 Å². The van der Waals surface area contributed by atoms with Gasteiger partial charge in [0, 0.05) is 16.1 Å². The number of hydrogen-bond donors (Lipinski definition) is 2. The first-order valence-corrected chi connectivity index (χ1v) is 7.15. The third kappa shape index (κ3) is 6.71. The Hall–Kier alpha value is -0.910. The zero-order chi connectivity index (χ0) is 14.1. The Bertz CT molecular complexity index is 369. The fraction of sp³-hybridized carbons (Fsp3) is 0.500. The van der Waals surface area contributed by atoms with Crippen LogP contribution in [0.4, 0.5) is 0 Å². The molecule has 0 aromatic heterocycles. The second-order valence-electron chi connectivity index (χ2n) is 4.57. The fourth-order valence-corrected chi connectivity index (χ4v) is 2.24. The van der Waals surface area contributed by atoms with Gasteiger partial charge in [0.2, 0.25) is 0 Å². The Morgan fingerprint density at radius 3 is 2.47 bits per heavy atom. The number of halogens is 1. The van der Waals surface area contributed by atoms with Gasteiger partial charge in [0.05, 0.1) is 6.10 Å². The van der Waals surface area contributed by atoms with Gasteiger partial charge in [0.15, 0.2) is 0 Å². The first kappa shape index (κ1) is 16.1. The summed E-state index contributed by atoms with van der Waals surface area (Å²) in [6, 6.07) is 7.97. The van der Waals surface area contributed by atoms with Crippen molar-refractivity contribution in [3.05, 3.63) is 34.3 Å². The first-order valence-electron chi connectivity index (χ1n) is 6.35. The maximum absolute atomic E-state index is 9.85. The van der Waals surface area contributed by atoms with Gasteiger partial charge in [0.25, 0.3) is 6.47 Å². The van der Waals surface area contributed by atoms with Crippen molar-refractivity contribution in [1.82, 2.24) is 0 Å². The molecule has 1 aliphatic rings. The third-order valence-corrected chi connectivity index (χ3v) is 3.78. The molecule has 0 radical (unpaired) electrons. The minimum absolute atomic E-state index is 0.0604. The molecule has 0 bridgehead atoms. The van der Waals surface area contributed by atoms with Crippen molar-refractivity contribution in [2.24, 2.45) is 5.73 Å². The lowest BCUT2D eigenvalue weighted by atomic mass is 9.94. The molecule has 0 saturated heterocycles. The van der Waals surface area contributed by atoms with Crippen molar-refractivity contribution in [1.29, 1.82) is 0 Å². The van der Waals surface area contributed by atoms with E-state index in [-0.39, 0.29) is 6.10 Å². The van der Waals surface area contributed by atoms with Crippen molar-refractivity contribution in [2.45, 2.75) is 44.4 Å². The monoisotopic (exact) mass is 329 g/mol. The fourth-order valence-electron chi connectivity index (χ4n) is 1.84. The first-order chi connectivity index (χ1) is 9.13. The molecule has 19 heavy (non-hydrogen) atoms. The number of carbonyl (C=O) groups is 1. The second kappa shape index (κ2) is 9.07. The van der Waals surface area contributed by atoms with Crippen molar-refractivity contribution in [2.75, 3.05) is 0 Å². The van der Waals surface area contributed by atoms with Gasteiger partial charge in [0.1, 0.15) is 6.61 Å². The highest BCUT2D eigenvalue weighted by molar-refractivity contribution is 9.10. The van der Waals surface area contributed by atoms with E-state index < -0.39 is 0 Å². The summed E-state index contributed by atoms with van der Waals surface area (Å²) in [5.41, 5.74) is 6.56. The van der Waals surface area contributed by atoms with Gasteiger partial charge in [-0.2, -0.15) is 0 Å². The summed E-state index contributed by atoms with van der Waals surface area (Å²) in [6.45, 7) is 0.768.